The van der Waals surface area contributed by atoms with Gasteiger partial charge in [0, 0.05) is 44.6 Å². The van der Waals surface area contributed by atoms with Crippen LogP contribution < -0.4 is 20.3 Å². The molecule has 2 aromatic rings. The molecule has 1 saturated heterocycles. The number of para-hydroxylation sites is 1. The Balaban J connectivity index is 1.49. The van der Waals surface area contributed by atoms with Gasteiger partial charge in [-0.15, -0.1) is 0 Å². The van der Waals surface area contributed by atoms with Crippen LogP contribution in [0.3, 0.4) is 0 Å². The third-order valence-corrected chi connectivity index (χ3v) is 5.51. The van der Waals surface area contributed by atoms with Crippen molar-refractivity contribution in [3.63, 3.8) is 0 Å². The van der Waals surface area contributed by atoms with E-state index in [9.17, 15) is 14.4 Å². The summed E-state index contributed by atoms with van der Waals surface area (Å²) in [7, 11) is 1.62. The lowest BCUT2D eigenvalue weighted by Gasteiger charge is -2.17. The number of ether oxygens (including phenoxy) is 2. The van der Waals surface area contributed by atoms with Gasteiger partial charge in [-0.3, -0.25) is 14.4 Å². The Bertz CT molecular complexity index is 961. The molecule has 3 amide bonds. The first-order valence-electron chi connectivity index (χ1n) is 11.2. The summed E-state index contributed by atoms with van der Waals surface area (Å²) in [5, 5.41) is 5.73. The molecular weight excluding hydrogens is 422 g/mol. The molecule has 2 N–H and O–H groups in total. The van der Waals surface area contributed by atoms with E-state index in [2.05, 4.69) is 10.6 Å². The first-order chi connectivity index (χ1) is 16.0. The standard InChI is InChI=1S/C25H31N3O5/c1-3-18-7-4-5-8-22(18)27-23(29)17-33-21-11-9-20(10-12-21)28-16-19(15-24(28)30)25(31)26-13-6-14-32-2/h4-5,7-12,19H,3,6,13-17H2,1-2H3,(H,26,31)(H,27,29)/t19-/m1/s1. The van der Waals surface area contributed by atoms with Crippen molar-refractivity contribution >= 4 is 29.1 Å². The van der Waals surface area contributed by atoms with E-state index in [-0.39, 0.29) is 36.7 Å². The number of nitrogens with zero attached hydrogens (tertiary/aromatic N) is 1. The van der Waals surface area contributed by atoms with Crippen molar-refractivity contribution in [3.05, 3.63) is 54.1 Å². The van der Waals surface area contributed by atoms with Crippen LogP contribution in [0.1, 0.15) is 25.3 Å². The number of hydrogen-bond donors (Lipinski definition) is 2. The van der Waals surface area contributed by atoms with Gasteiger partial charge in [-0.25, -0.2) is 0 Å². The zero-order valence-electron chi connectivity index (χ0n) is 19.1. The number of carbonyl (C=O) groups is 3. The lowest BCUT2D eigenvalue weighted by Crippen LogP contribution is -2.33. The molecule has 0 aliphatic carbocycles. The molecule has 1 aliphatic rings. The summed E-state index contributed by atoms with van der Waals surface area (Å²) >= 11 is 0. The molecule has 0 bridgehead atoms. The molecule has 2 aromatic carbocycles. The molecule has 1 atom stereocenters. The molecule has 0 saturated carbocycles. The Morgan fingerprint density at radius 3 is 2.61 bits per heavy atom. The van der Waals surface area contributed by atoms with E-state index in [1.807, 2.05) is 31.2 Å². The highest BCUT2D eigenvalue weighted by molar-refractivity contribution is 6.00. The quantitative estimate of drug-likeness (QED) is 0.510. The zero-order valence-corrected chi connectivity index (χ0v) is 19.1. The van der Waals surface area contributed by atoms with Crippen LogP contribution in [0.5, 0.6) is 5.75 Å². The largest absolute Gasteiger partial charge is 0.484 e. The summed E-state index contributed by atoms with van der Waals surface area (Å²) < 4.78 is 10.6. The molecule has 0 aromatic heterocycles. The van der Waals surface area contributed by atoms with Crippen molar-refractivity contribution in [1.29, 1.82) is 0 Å². The summed E-state index contributed by atoms with van der Waals surface area (Å²) in [5.41, 5.74) is 2.55. The second-order valence-corrected chi connectivity index (χ2v) is 7.88. The second kappa shape index (κ2) is 12.0. The SMILES string of the molecule is CCc1ccccc1NC(=O)COc1ccc(N2C[C@H](C(=O)NCCCOC)CC2=O)cc1. The Labute approximate surface area is 194 Å². The number of nitrogens with one attached hydrogen (secondary N) is 2. The number of benzene rings is 2. The maximum absolute atomic E-state index is 12.4. The first-order valence-corrected chi connectivity index (χ1v) is 11.2. The Morgan fingerprint density at radius 2 is 1.88 bits per heavy atom. The minimum atomic E-state index is -0.370. The van der Waals surface area contributed by atoms with E-state index in [0.717, 1.165) is 24.1 Å². The van der Waals surface area contributed by atoms with Gasteiger partial charge in [-0.05, 0) is 48.7 Å². The van der Waals surface area contributed by atoms with Crippen molar-refractivity contribution in [2.75, 3.05) is 43.6 Å². The number of amides is 3. The van der Waals surface area contributed by atoms with Gasteiger partial charge in [-0.2, -0.15) is 0 Å². The van der Waals surface area contributed by atoms with Crippen LogP contribution >= 0.6 is 0 Å². The van der Waals surface area contributed by atoms with Crippen LogP contribution in [0.15, 0.2) is 48.5 Å². The van der Waals surface area contributed by atoms with Crippen LogP contribution in [-0.2, 0) is 25.5 Å². The minimum Gasteiger partial charge on any atom is -0.484 e. The highest BCUT2D eigenvalue weighted by Gasteiger charge is 2.34. The zero-order chi connectivity index (χ0) is 23.6. The molecule has 0 radical (unpaired) electrons. The van der Waals surface area contributed by atoms with Gasteiger partial charge in [0.05, 0.1) is 5.92 Å². The third-order valence-electron chi connectivity index (χ3n) is 5.51. The smallest absolute Gasteiger partial charge is 0.262 e. The summed E-state index contributed by atoms with van der Waals surface area (Å²) in [6.07, 6.45) is 1.75. The summed E-state index contributed by atoms with van der Waals surface area (Å²) in [5.74, 6) is -0.288. The summed E-state index contributed by atoms with van der Waals surface area (Å²) in [6, 6.07) is 14.6. The van der Waals surface area contributed by atoms with E-state index in [0.29, 0.717) is 31.1 Å². The van der Waals surface area contributed by atoms with E-state index in [1.54, 1.807) is 36.3 Å². The molecular formula is C25H31N3O5. The topological polar surface area (TPSA) is 97.0 Å². The molecule has 3 rings (SSSR count). The van der Waals surface area contributed by atoms with E-state index in [4.69, 9.17) is 9.47 Å². The predicted octanol–water partition coefficient (Wildman–Crippen LogP) is 2.77. The van der Waals surface area contributed by atoms with Crippen LogP contribution in [0.25, 0.3) is 0 Å². The fraction of sp³-hybridized carbons (Fsp3) is 0.400. The van der Waals surface area contributed by atoms with Gasteiger partial charge in [0.1, 0.15) is 5.75 Å². The van der Waals surface area contributed by atoms with E-state index in [1.165, 1.54) is 0 Å². The molecule has 1 fully saturated rings. The van der Waals surface area contributed by atoms with Crippen molar-refractivity contribution in [2.45, 2.75) is 26.2 Å². The second-order valence-electron chi connectivity index (χ2n) is 7.88. The number of rotatable bonds is 11. The first kappa shape index (κ1) is 24.3. The van der Waals surface area contributed by atoms with Crippen molar-refractivity contribution in [2.24, 2.45) is 5.92 Å². The van der Waals surface area contributed by atoms with Gasteiger partial charge >= 0.3 is 0 Å². The number of aryl methyl sites for hydroxylation is 1. The van der Waals surface area contributed by atoms with E-state index >= 15 is 0 Å². The third kappa shape index (κ3) is 6.79. The fourth-order valence-corrected chi connectivity index (χ4v) is 3.71. The summed E-state index contributed by atoms with van der Waals surface area (Å²) in [6.45, 7) is 3.37. The molecule has 0 spiro atoms. The maximum atomic E-state index is 12.4. The maximum Gasteiger partial charge on any atom is 0.262 e. The normalized spacial score (nSPS) is 15.4. The Morgan fingerprint density at radius 1 is 1.12 bits per heavy atom. The van der Waals surface area contributed by atoms with Gasteiger partial charge in [0.25, 0.3) is 5.91 Å². The van der Waals surface area contributed by atoms with Gasteiger partial charge in [0.15, 0.2) is 6.61 Å². The van der Waals surface area contributed by atoms with Gasteiger partial charge in [-0.1, -0.05) is 25.1 Å². The van der Waals surface area contributed by atoms with Crippen molar-refractivity contribution in [3.8, 4) is 5.75 Å². The van der Waals surface area contributed by atoms with Crippen LogP contribution in [0.2, 0.25) is 0 Å². The van der Waals surface area contributed by atoms with Gasteiger partial charge in [0.2, 0.25) is 11.8 Å². The highest BCUT2D eigenvalue weighted by Crippen LogP contribution is 2.27. The molecule has 1 aliphatic heterocycles. The number of methoxy groups -OCH3 is 1. The fourth-order valence-electron chi connectivity index (χ4n) is 3.71. The molecule has 176 valence electrons. The highest BCUT2D eigenvalue weighted by atomic mass is 16.5. The average Bonchev–Trinajstić information content (AvgIpc) is 3.22. The Kier molecular flexibility index (Phi) is 8.83. The number of hydrogen-bond acceptors (Lipinski definition) is 5. The van der Waals surface area contributed by atoms with Crippen molar-refractivity contribution in [1.82, 2.24) is 5.32 Å². The molecule has 1 heterocycles. The predicted molar refractivity (Wildman–Crippen MR) is 126 cm³/mol. The van der Waals surface area contributed by atoms with Crippen LogP contribution in [0, 0.1) is 5.92 Å². The lowest BCUT2D eigenvalue weighted by molar-refractivity contribution is -0.126. The van der Waals surface area contributed by atoms with Crippen molar-refractivity contribution < 1.29 is 23.9 Å². The van der Waals surface area contributed by atoms with E-state index < -0.39 is 0 Å². The molecule has 0 unspecified atom stereocenters. The van der Waals surface area contributed by atoms with Crippen LogP contribution in [-0.4, -0.2) is 51.1 Å². The minimum absolute atomic E-state index is 0.0883. The monoisotopic (exact) mass is 453 g/mol. The number of anilines is 2. The summed E-state index contributed by atoms with van der Waals surface area (Å²) in [4.78, 5) is 38.6. The van der Waals surface area contributed by atoms with Gasteiger partial charge < -0.3 is 25.0 Å². The average molecular weight is 454 g/mol. The number of carbonyl (C=O) groups excluding carboxylic acids is 3. The lowest BCUT2D eigenvalue weighted by atomic mass is 10.1. The van der Waals surface area contributed by atoms with Crippen LogP contribution in [0.4, 0.5) is 11.4 Å². The Hall–Kier alpha value is -3.39. The molecule has 8 nitrogen and oxygen atoms in total. The molecule has 33 heavy (non-hydrogen) atoms. The molecule has 8 heteroatoms.